The highest BCUT2D eigenvalue weighted by atomic mass is 16.3. The quantitative estimate of drug-likeness (QED) is 0.779. The first-order chi connectivity index (χ1) is 12.6. The van der Waals surface area contributed by atoms with E-state index < -0.39 is 0 Å². The highest BCUT2D eigenvalue weighted by Gasteiger charge is 2.25. The average molecular weight is 352 g/mol. The Morgan fingerprint density at radius 3 is 3.08 bits per heavy atom. The van der Waals surface area contributed by atoms with Crippen LogP contribution in [0.3, 0.4) is 0 Å². The van der Waals surface area contributed by atoms with Gasteiger partial charge < -0.3 is 19.2 Å². The number of nitrogens with one attached hydrogen (secondary N) is 1. The van der Waals surface area contributed by atoms with E-state index in [1.165, 1.54) is 10.8 Å². The molecule has 134 valence electrons. The summed E-state index contributed by atoms with van der Waals surface area (Å²) in [5.74, 6) is 0.276. The molecule has 7 heteroatoms. The first-order valence-corrected chi connectivity index (χ1v) is 8.67. The van der Waals surface area contributed by atoms with E-state index in [9.17, 15) is 9.59 Å². The first kappa shape index (κ1) is 16.4. The lowest BCUT2D eigenvalue weighted by Crippen LogP contribution is -2.49. The van der Waals surface area contributed by atoms with Crippen LogP contribution in [0.4, 0.5) is 5.82 Å². The van der Waals surface area contributed by atoms with Crippen molar-refractivity contribution < 1.29 is 9.21 Å². The molecule has 1 aliphatic heterocycles. The van der Waals surface area contributed by atoms with Gasteiger partial charge >= 0.3 is 0 Å². The fraction of sp³-hybridized carbons (Fsp3) is 0.316. The molecule has 0 radical (unpaired) electrons. The monoisotopic (exact) mass is 352 g/mol. The maximum atomic E-state index is 12.7. The van der Waals surface area contributed by atoms with E-state index in [0.29, 0.717) is 23.5 Å². The standard InChI is InChI=1S/C19H20N4O3/c1-22-10-8-20-17(19(22)25)23-9-4-5-13(11-23)21-18(24)15-12-26-16-7-3-2-6-14(15)16/h2-3,6-8,10,12-13H,4-5,9,11H2,1H3,(H,21,24)/t13-/m0/s1. The summed E-state index contributed by atoms with van der Waals surface area (Å²) in [6, 6.07) is 7.43. The van der Waals surface area contributed by atoms with Gasteiger partial charge in [-0.3, -0.25) is 9.59 Å². The van der Waals surface area contributed by atoms with Crippen LogP contribution >= 0.6 is 0 Å². The Hall–Kier alpha value is -3.09. The third kappa shape index (κ3) is 2.96. The minimum Gasteiger partial charge on any atom is -0.463 e. The van der Waals surface area contributed by atoms with Crippen molar-refractivity contribution in [3.8, 4) is 0 Å². The number of furan rings is 1. The number of rotatable bonds is 3. The van der Waals surface area contributed by atoms with E-state index in [2.05, 4.69) is 10.3 Å². The van der Waals surface area contributed by atoms with Crippen molar-refractivity contribution >= 4 is 22.7 Å². The van der Waals surface area contributed by atoms with Crippen LogP contribution in [-0.2, 0) is 7.05 Å². The Balaban J connectivity index is 1.51. The summed E-state index contributed by atoms with van der Waals surface area (Å²) < 4.78 is 6.97. The Labute approximate surface area is 150 Å². The smallest absolute Gasteiger partial charge is 0.293 e. The van der Waals surface area contributed by atoms with Crippen molar-refractivity contribution in [2.45, 2.75) is 18.9 Å². The molecule has 3 heterocycles. The van der Waals surface area contributed by atoms with Gasteiger partial charge in [0, 0.05) is 44.0 Å². The zero-order chi connectivity index (χ0) is 18.1. The van der Waals surface area contributed by atoms with Crippen LogP contribution in [0, 0.1) is 0 Å². The van der Waals surface area contributed by atoms with Gasteiger partial charge in [-0.1, -0.05) is 18.2 Å². The Kier molecular flexibility index (Phi) is 4.20. The van der Waals surface area contributed by atoms with E-state index in [0.717, 1.165) is 24.8 Å². The van der Waals surface area contributed by atoms with Crippen molar-refractivity contribution in [2.24, 2.45) is 7.05 Å². The molecule has 0 aliphatic carbocycles. The number of carbonyl (C=O) groups is 1. The van der Waals surface area contributed by atoms with Crippen LogP contribution in [0.15, 0.2) is 52.1 Å². The van der Waals surface area contributed by atoms with E-state index >= 15 is 0 Å². The van der Waals surface area contributed by atoms with Crippen molar-refractivity contribution in [1.29, 1.82) is 0 Å². The Bertz CT molecular complexity index is 1010. The lowest BCUT2D eigenvalue weighted by Gasteiger charge is -2.33. The minimum atomic E-state index is -0.157. The molecular formula is C19H20N4O3. The molecule has 1 saturated heterocycles. The maximum Gasteiger partial charge on any atom is 0.293 e. The van der Waals surface area contributed by atoms with Gasteiger partial charge in [-0.25, -0.2) is 4.98 Å². The number of fused-ring (bicyclic) bond motifs is 1. The molecule has 1 fully saturated rings. The Morgan fingerprint density at radius 1 is 1.35 bits per heavy atom. The number of para-hydroxylation sites is 1. The largest absolute Gasteiger partial charge is 0.463 e. The van der Waals surface area contributed by atoms with Crippen molar-refractivity contribution in [1.82, 2.24) is 14.9 Å². The number of hydrogen-bond acceptors (Lipinski definition) is 5. The van der Waals surface area contributed by atoms with Crippen LogP contribution in [0.5, 0.6) is 0 Å². The second-order valence-electron chi connectivity index (χ2n) is 6.57. The highest BCUT2D eigenvalue weighted by Crippen LogP contribution is 2.21. The molecule has 1 amide bonds. The van der Waals surface area contributed by atoms with Crippen LogP contribution in [0.2, 0.25) is 0 Å². The van der Waals surface area contributed by atoms with Crippen LogP contribution in [0.1, 0.15) is 23.2 Å². The van der Waals surface area contributed by atoms with Crippen LogP contribution < -0.4 is 15.8 Å². The number of nitrogens with zero attached hydrogens (tertiary/aromatic N) is 3. The van der Waals surface area contributed by atoms with Gasteiger partial charge in [-0.05, 0) is 18.9 Å². The number of hydrogen-bond donors (Lipinski definition) is 1. The number of anilines is 1. The number of amides is 1. The van der Waals surface area contributed by atoms with E-state index in [1.54, 1.807) is 19.4 Å². The summed E-state index contributed by atoms with van der Waals surface area (Å²) in [5.41, 5.74) is 1.10. The molecule has 0 spiro atoms. The maximum absolute atomic E-state index is 12.7. The fourth-order valence-electron chi connectivity index (χ4n) is 3.41. The molecule has 0 unspecified atom stereocenters. The zero-order valence-corrected chi connectivity index (χ0v) is 14.5. The lowest BCUT2D eigenvalue weighted by molar-refractivity contribution is 0.0934. The molecule has 4 rings (SSSR count). The van der Waals surface area contributed by atoms with Crippen LogP contribution in [0.25, 0.3) is 11.0 Å². The van der Waals surface area contributed by atoms with Crippen molar-refractivity contribution in [3.63, 3.8) is 0 Å². The molecule has 26 heavy (non-hydrogen) atoms. The third-order valence-electron chi connectivity index (χ3n) is 4.78. The molecule has 1 aromatic carbocycles. The number of aryl methyl sites for hydroxylation is 1. The topological polar surface area (TPSA) is 80.4 Å². The van der Waals surface area contributed by atoms with Gasteiger partial charge in [0.15, 0.2) is 5.82 Å². The number of benzene rings is 1. The fourth-order valence-corrected chi connectivity index (χ4v) is 3.41. The molecule has 1 N–H and O–H groups in total. The Morgan fingerprint density at radius 2 is 2.19 bits per heavy atom. The summed E-state index contributed by atoms with van der Waals surface area (Å²) in [4.78, 5) is 31.2. The molecule has 0 bridgehead atoms. The first-order valence-electron chi connectivity index (χ1n) is 8.67. The van der Waals surface area contributed by atoms with Gasteiger partial charge in [0.1, 0.15) is 11.8 Å². The molecular weight excluding hydrogens is 332 g/mol. The average Bonchev–Trinajstić information content (AvgIpc) is 3.08. The van der Waals surface area contributed by atoms with Crippen molar-refractivity contribution in [3.05, 3.63) is 58.8 Å². The molecule has 1 aliphatic rings. The summed E-state index contributed by atoms with van der Waals surface area (Å²) in [6.07, 6.45) is 6.51. The van der Waals surface area contributed by atoms with Gasteiger partial charge in [0.25, 0.3) is 11.5 Å². The van der Waals surface area contributed by atoms with Gasteiger partial charge in [-0.2, -0.15) is 0 Å². The lowest BCUT2D eigenvalue weighted by atomic mass is 10.0. The third-order valence-corrected chi connectivity index (χ3v) is 4.78. The number of aromatic nitrogens is 2. The van der Waals surface area contributed by atoms with Gasteiger partial charge in [0.05, 0.1) is 5.56 Å². The van der Waals surface area contributed by atoms with Gasteiger partial charge in [-0.15, -0.1) is 0 Å². The minimum absolute atomic E-state index is 0.0448. The summed E-state index contributed by atoms with van der Waals surface area (Å²) in [5, 5.41) is 3.87. The zero-order valence-electron chi connectivity index (χ0n) is 14.5. The number of piperidine rings is 1. The normalized spacial score (nSPS) is 17.4. The predicted octanol–water partition coefficient (Wildman–Crippen LogP) is 1.93. The van der Waals surface area contributed by atoms with E-state index in [-0.39, 0.29) is 17.5 Å². The summed E-state index contributed by atoms with van der Waals surface area (Å²) in [7, 11) is 1.71. The molecule has 0 saturated carbocycles. The van der Waals surface area contributed by atoms with Crippen molar-refractivity contribution in [2.75, 3.05) is 18.0 Å². The molecule has 1 atom stereocenters. The van der Waals surface area contributed by atoms with Crippen LogP contribution in [-0.4, -0.2) is 34.6 Å². The molecule has 2 aromatic heterocycles. The predicted molar refractivity (Wildman–Crippen MR) is 98.4 cm³/mol. The number of carbonyl (C=O) groups excluding carboxylic acids is 1. The SMILES string of the molecule is Cn1ccnc(N2CCC[C@H](NC(=O)c3coc4ccccc34)C2)c1=O. The van der Waals surface area contributed by atoms with E-state index in [1.807, 2.05) is 29.2 Å². The highest BCUT2D eigenvalue weighted by molar-refractivity contribution is 6.06. The molecule has 7 nitrogen and oxygen atoms in total. The van der Waals surface area contributed by atoms with Gasteiger partial charge in [0.2, 0.25) is 0 Å². The summed E-state index contributed by atoms with van der Waals surface area (Å²) >= 11 is 0. The molecule has 3 aromatic rings. The van der Waals surface area contributed by atoms with E-state index in [4.69, 9.17) is 4.42 Å². The summed E-state index contributed by atoms with van der Waals surface area (Å²) in [6.45, 7) is 1.32. The second kappa shape index (κ2) is 6.67. The second-order valence-corrected chi connectivity index (χ2v) is 6.57.